The van der Waals surface area contributed by atoms with Gasteiger partial charge in [0.25, 0.3) is 0 Å². The normalized spacial score (nSPS) is 27.8. The van der Waals surface area contributed by atoms with Crippen molar-refractivity contribution in [1.82, 2.24) is 10.3 Å². The summed E-state index contributed by atoms with van der Waals surface area (Å²) in [6.45, 7) is 0.733. The number of nitrogens with zero attached hydrogens (tertiary/aromatic N) is 1. The van der Waals surface area contributed by atoms with E-state index in [1.165, 1.54) is 18.4 Å². The molecule has 0 saturated carbocycles. The lowest BCUT2D eigenvalue weighted by atomic mass is 10.1. The van der Waals surface area contributed by atoms with Crippen LogP contribution in [-0.4, -0.2) is 17.6 Å². The molecule has 70 valence electrons. The number of hydrogen-bond donors (Lipinski definition) is 2. The summed E-state index contributed by atoms with van der Waals surface area (Å²) in [4.78, 5) is 4.11. The Balaban J connectivity index is 2.04. The van der Waals surface area contributed by atoms with Crippen molar-refractivity contribution in [3.63, 3.8) is 0 Å². The molecule has 0 amide bonds. The van der Waals surface area contributed by atoms with Gasteiger partial charge in [-0.05, 0) is 24.5 Å². The van der Waals surface area contributed by atoms with Crippen LogP contribution in [0, 0.1) is 0 Å². The zero-order valence-electron chi connectivity index (χ0n) is 7.61. The fraction of sp³-hybridized carbons (Fsp3) is 0.500. The predicted molar refractivity (Wildman–Crippen MR) is 52.2 cm³/mol. The average molecular weight is 177 g/mol. The third-order valence-corrected chi connectivity index (χ3v) is 2.61. The molecular weight excluding hydrogens is 162 g/mol. The van der Waals surface area contributed by atoms with E-state index in [2.05, 4.69) is 16.4 Å². The van der Waals surface area contributed by atoms with Crippen molar-refractivity contribution in [3.05, 3.63) is 30.1 Å². The molecule has 13 heavy (non-hydrogen) atoms. The number of hydrogen-bond acceptors (Lipinski definition) is 3. The van der Waals surface area contributed by atoms with E-state index in [-0.39, 0.29) is 0 Å². The number of rotatable bonds is 2. The molecule has 0 aromatic carbocycles. The van der Waals surface area contributed by atoms with Gasteiger partial charge in [0.2, 0.25) is 0 Å². The van der Waals surface area contributed by atoms with E-state index in [1.54, 1.807) is 6.20 Å². The van der Waals surface area contributed by atoms with E-state index in [1.807, 2.05) is 12.3 Å². The van der Waals surface area contributed by atoms with Gasteiger partial charge in [-0.2, -0.15) is 0 Å². The molecule has 0 aliphatic carbocycles. The first-order valence-electron chi connectivity index (χ1n) is 4.76. The first-order chi connectivity index (χ1) is 6.40. The molecule has 0 radical (unpaired) electrons. The molecule has 2 unspecified atom stereocenters. The molecule has 1 aromatic rings. The van der Waals surface area contributed by atoms with Crippen molar-refractivity contribution in [2.75, 3.05) is 6.54 Å². The number of pyridine rings is 1. The van der Waals surface area contributed by atoms with Crippen LogP contribution < -0.4 is 11.1 Å². The van der Waals surface area contributed by atoms with Crippen LogP contribution in [0.3, 0.4) is 0 Å². The molecule has 2 atom stereocenters. The molecular formula is C10H15N3. The van der Waals surface area contributed by atoms with E-state index >= 15 is 0 Å². The van der Waals surface area contributed by atoms with Gasteiger partial charge >= 0.3 is 0 Å². The minimum Gasteiger partial charge on any atom is -0.329 e. The Bertz CT molecular complexity index is 260. The van der Waals surface area contributed by atoms with Crippen molar-refractivity contribution in [2.45, 2.75) is 24.9 Å². The highest BCUT2D eigenvalue weighted by Gasteiger charge is 2.23. The summed E-state index contributed by atoms with van der Waals surface area (Å²) in [6.07, 6.45) is 6.08. The second kappa shape index (κ2) is 3.85. The Hall–Kier alpha value is -0.930. The molecule has 3 nitrogen and oxygen atoms in total. The van der Waals surface area contributed by atoms with Gasteiger partial charge in [-0.25, -0.2) is 0 Å². The van der Waals surface area contributed by atoms with Gasteiger partial charge in [-0.15, -0.1) is 0 Å². The van der Waals surface area contributed by atoms with Gasteiger partial charge in [-0.3, -0.25) is 4.98 Å². The molecule has 1 aliphatic rings. The van der Waals surface area contributed by atoms with Crippen molar-refractivity contribution in [2.24, 2.45) is 5.73 Å². The van der Waals surface area contributed by atoms with Gasteiger partial charge in [0, 0.05) is 31.0 Å². The zero-order valence-corrected chi connectivity index (χ0v) is 7.61. The highest BCUT2D eigenvalue weighted by atomic mass is 15.0. The fourth-order valence-electron chi connectivity index (χ4n) is 1.85. The van der Waals surface area contributed by atoms with Crippen LogP contribution >= 0.6 is 0 Å². The van der Waals surface area contributed by atoms with Crippen LogP contribution in [0.5, 0.6) is 0 Å². The van der Waals surface area contributed by atoms with Crippen LogP contribution in [0.4, 0.5) is 0 Å². The van der Waals surface area contributed by atoms with Gasteiger partial charge in [-0.1, -0.05) is 6.07 Å². The molecule has 1 aromatic heterocycles. The van der Waals surface area contributed by atoms with Crippen LogP contribution in [0.15, 0.2) is 24.5 Å². The maximum absolute atomic E-state index is 5.60. The Kier molecular flexibility index (Phi) is 2.57. The Morgan fingerprint density at radius 3 is 3.08 bits per heavy atom. The van der Waals surface area contributed by atoms with Gasteiger partial charge in [0.1, 0.15) is 0 Å². The first kappa shape index (κ1) is 8.66. The lowest BCUT2D eigenvalue weighted by molar-refractivity contribution is 0.559. The van der Waals surface area contributed by atoms with Gasteiger partial charge < -0.3 is 11.1 Å². The molecule has 1 saturated heterocycles. The third-order valence-electron chi connectivity index (χ3n) is 2.61. The standard InChI is InChI=1S/C10H15N3/c11-6-9-3-4-10(13-9)8-2-1-5-12-7-8/h1-2,5,7,9-10,13H,3-4,6,11H2. The molecule has 2 heterocycles. The predicted octanol–water partition coefficient (Wildman–Crippen LogP) is 0.833. The summed E-state index contributed by atoms with van der Waals surface area (Å²) in [5.74, 6) is 0. The molecule has 0 bridgehead atoms. The van der Waals surface area contributed by atoms with Crippen LogP contribution in [0.1, 0.15) is 24.4 Å². The van der Waals surface area contributed by atoms with Crippen molar-refractivity contribution >= 4 is 0 Å². The highest BCUT2D eigenvalue weighted by Crippen LogP contribution is 2.24. The third kappa shape index (κ3) is 1.87. The lowest BCUT2D eigenvalue weighted by Gasteiger charge is -2.12. The molecule has 1 fully saturated rings. The summed E-state index contributed by atoms with van der Waals surface area (Å²) in [7, 11) is 0. The topological polar surface area (TPSA) is 50.9 Å². The monoisotopic (exact) mass is 177 g/mol. The lowest BCUT2D eigenvalue weighted by Crippen LogP contribution is -2.31. The van der Waals surface area contributed by atoms with Gasteiger partial charge in [0.15, 0.2) is 0 Å². The Labute approximate surface area is 78.4 Å². The largest absolute Gasteiger partial charge is 0.329 e. The maximum atomic E-state index is 5.60. The van der Waals surface area contributed by atoms with Crippen molar-refractivity contribution < 1.29 is 0 Å². The SMILES string of the molecule is NCC1CCC(c2cccnc2)N1. The second-order valence-corrected chi connectivity index (χ2v) is 3.52. The number of nitrogens with one attached hydrogen (secondary N) is 1. The van der Waals surface area contributed by atoms with E-state index < -0.39 is 0 Å². The Morgan fingerprint density at radius 2 is 2.46 bits per heavy atom. The highest BCUT2D eigenvalue weighted by molar-refractivity contribution is 5.15. The zero-order chi connectivity index (χ0) is 9.10. The summed E-state index contributed by atoms with van der Waals surface area (Å²) in [5.41, 5.74) is 6.87. The van der Waals surface area contributed by atoms with E-state index in [4.69, 9.17) is 5.73 Å². The van der Waals surface area contributed by atoms with Crippen LogP contribution in [0.2, 0.25) is 0 Å². The smallest absolute Gasteiger partial charge is 0.0339 e. The summed E-state index contributed by atoms with van der Waals surface area (Å²) in [5, 5.41) is 3.49. The quantitative estimate of drug-likeness (QED) is 0.703. The summed E-state index contributed by atoms with van der Waals surface area (Å²) < 4.78 is 0. The van der Waals surface area contributed by atoms with Gasteiger partial charge in [0.05, 0.1) is 0 Å². The van der Waals surface area contributed by atoms with E-state index in [0.29, 0.717) is 12.1 Å². The average Bonchev–Trinajstić information content (AvgIpc) is 2.67. The van der Waals surface area contributed by atoms with Crippen LogP contribution in [0.25, 0.3) is 0 Å². The Morgan fingerprint density at radius 1 is 1.54 bits per heavy atom. The molecule has 0 spiro atoms. The maximum Gasteiger partial charge on any atom is 0.0339 e. The van der Waals surface area contributed by atoms with Crippen molar-refractivity contribution in [1.29, 1.82) is 0 Å². The molecule has 1 aliphatic heterocycles. The summed E-state index contributed by atoms with van der Waals surface area (Å²) >= 11 is 0. The van der Waals surface area contributed by atoms with Crippen LogP contribution in [-0.2, 0) is 0 Å². The van der Waals surface area contributed by atoms with Crippen molar-refractivity contribution in [3.8, 4) is 0 Å². The minimum atomic E-state index is 0.460. The second-order valence-electron chi connectivity index (χ2n) is 3.52. The fourth-order valence-corrected chi connectivity index (χ4v) is 1.85. The van der Waals surface area contributed by atoms with E-state index in [9.17, 15) is 0 Å². The molecule has 2 rings (SSSR count). The van der Waals surface area contributed by atoms with E-state index in [0.717, 1.165) is 6.54 Å². The molecule has 3 heteroatoms. The summed E-state index contributed by atoms with van der Waals surface area (Å²) in [6, 6.07) is 5.04. The number of aromatic nitrogens is 1. The number of nitrogens with two attached hydrogens (primary N) is 1. The minimum absolute atomic E-state index is 0.460. The molecule has 3 N–H and O–H groups in total. The first-order valence-corrected chi connectivity index (χ1v) is 4.76.